The molecule has 1 heterocycles. The molecule has 1 amide bonds. The van der Waals surface area contributed by atoms with Crippen molar-refractivity contribution in [3.8, 4) is 11.8 Å². The molecule has 1 aromatic carbocycles. The number of hydrogen-bond acceptors (Lipinski definition) is 5. The minimum atomic E-state index is -0.209. The highest BCUT2D eigenvalue weighted by Crippen LogP contribution is 2.15. The number of benzene rings is 1. The number of aliphatic hydroxyl groups excluding tert-OH is 1. The first-order valence-electron chi connectivity index (χ1n) is 6.00. The van der Waals surface area contributed by atoms with Crippen molar-refractivity contribution in [2.24, 2.45) is 0 Å². The SMILES string of the molecule is Cc1ccc(C#CCCO)cc1C(=O)Nc1cnns1. The van der Waals surface area contributed by atoms with Crippen molar-refractivity contribution in [2.75, 3.05) is 11.9 Å². The highest BCUT2D eigenvalue weighted by molar-refractivity contribution is 7.10. The molecule has 2 N–H and O–H groups in total. The van der Waals surface area contributed by atoms with Crippen molar-refractivity contribution >= 4 is 22.4 Å². The Labute approximate surface area is 120 Å². The molecule has 0 aliphatic rings. The van der Waals surface area contributed by atoms with Gasteiger partial charge in [-0.15, -0.1) is 5.10 Å². The minimum Gasteiger partial charge on any atom is -0.395 e. The molecule has 0 aliphatic carbocycles. The van der Waals surface area contributed by atoms with Gasteiger partial charge in [0.05, 0.1) is 12.8 Å². The number of anilines is 1. The first kappa shape index (κ1) is 14.2. The summed E-state index contributed by atoms with van der Waals surface area (Å²) < 4.78 is 3.69. The standard InChI is InChI=1S/C14H13N3O2S/c1-10-5-6-11(4-2-3-7-18)8-12(10)14(19)16-13-9-15-17-20-13/h5-6,8-9,18H,3,7H2,1H3,(H,16,19). The highest BCUT2D eigenvalue weighted by atomic mass is 32.1. The van der Waals surface area contributed by atoms with Gasteiger partial charge in [-0.1, -0.05) is 22.4 Å². The molecule has 2 aromatic rings. The summed E-state index contributed by atoms with van der Waals surface area (Å²) in [5, 5.41) is 15.7. The smallest absolute Gasteiger partial charge is 0.256 e. The number of nitrogens with one attached hydrogen (secondary N) is 1. The van der Waals surface area contributed by atoms with Gasteiger partial charge in [-0.05, 0) is 24.6 Å². The van der Waals surface area contributed by atoms with E-state index in [4.69, 9.17) is 5.11 Å². The van der Waals surface area contributed by atoms with Gasteiger partial charge in [0.2, 0.25) is 0 Å². The van der Waals surface area contributed by atoms with Crippen LogP contribution in [0.25, 0.3) is 0 Å². The molecule has 0 radical (unpaired) electrons. The molecule has 0 atom stereocenters. The summed E-state index contributed by atoms with van der Waals surface area (Å²) in [5.41, 5.74) is 2.18. The zero-order valence-electron chi connectivity index (χ0n) is 10.9. The number of aromatic nitrogens is 2. The second-order valence-corrected chi connectivity index (χ2v) is 4.83. The van der Waals surface area contributed by atoms with Gasteiger partial charge in [-0.3, -0.25) is 4.79 Å². The van der Waals surface area contributed by atoms with Crippen LogP contribution in [0.5, 0.6) is 0 Å². The lowest BCUT2D eigenvalue weighted by Crippen LogP contribution is -2.12. The fourth-order valence-electron chi connectivity index (χ4n) is 1.57. The van der Waals surface area contributed by atoms with Crippen LogP contribution in [-0.4, -0.2) is 27.2 Å². The Morgan fingerprint density at radius 2 is 2.35 bits per heavy atom. The first-order valence-corrected chi connectivity index (χ1v) is 6.77. The summed E-state index contributed by atoms with van der Waals surface area (Å²) >= 11 is 1.12. The lowest BCUT2D eigenvalue weighted by Gasteiger charge is -2.06. The van der Waals surface area contributed by atoms with Crippen molar-refractivity contribution in [3.63, 3.8) is 0 Å². The van der Waals surface area contributed by atoms with Crippen LogP contribution in [0, 0.1) is 18.8 Å². The third-order valence-corrected chi connectivity index (χ3v) is 3.13. The van der Waals surface area contributed by atoms with E-state index in [9.17, 15) is 4.79 Å². The third-order valence-electron chi connectivity index (χ3n) is 2.55. The fraction of sp³-hybridized carbons (Fsp3) is 0.214. The van der Waals surface area contributed by atoms with Crippen molar-refractivity contribution in [3.05, 3.63) is 41.1 Å². The average Bonchev–Trinajstić information content (AvgIpc) is 2.93. The maximum absolute atomic E-state index is 12.2. The molecular weight excluding hydrogens is 274 g/mol. The van der Waals surface area contributed by atoms with E-state index in [0.717, 1.165) is 22.7 Å². The molecule has 0 bridgehead atoms. The number of hydrogen-bond donors (Lipinski definition) is 2. The highest BCUT2D eigenvalue weighted by Gasteiger charge is 2.10. The van der Waals surface area contributed by atoms with E-state index in [1.165, 1.54) is 6.20 Å². The maximum atomic E-state index is 12.2. The number of rotatable bonds is 3. The Kier molecular flexibility index (Phi) is 4.82. The van der Waals surface area contributed by atoms with Gasteiger partial charge < -0.3 is 10.4 Å². The summed E-state index contributed by atoms with van der Waals surface area (Å²) in [4.78, 5) is 12.2. The van der Waals surface area contributed by atoms with E-state index < -0.39 is 0 Å². The van der Waals surface area contributed by atoms with Gasteiger partial charge in [0.15, 0.2) is 0 Å². The summed E-state index contributed by atoms with van der Waals surface area (Å²) in [6, 6.07) is 5.44. The number of aryl methyl sites for hydroxylation is 1. The Morgan fingerprint density at radius 1 is 1.50 bits per heavy atom. The normalized spacial score (nSPS) is 9.70. The molecule has 0 spiro atoms. The van der Waals surface area contributed by atoms with E-state index in [1.54, 1.807) is 6.07 Å². The van der Waals surface area contributed by atoms with Gasteiger partial charge >= 0.3 is 0 Å². The zero-order valence-corrected chi connectivity index (χ0v) is 11.7. The van der Waals surface area contributed by atoms with Gasteiger partial charge in [0.25, 0.3) is 5.91 Å². The van der Waals surface area contributed by atoms with Crippen molar-refractivity contribution in [2.45, 2.75) is 13.3 Å². The number of carbonyl (C=O) groups excluding carboxylic acids is 1. The molecule has 2 rings (SSSR count). The van der Waals surface area contributed by atoms with Crippen LogP contribution >= 0.6 is 11.5 Å². The molecule has 1 aromatic heterocycles. The number of amides is 1. The monoisotopic (exact) mass is 287 g/mol. The molecule has 0 fully saturated rings. The summed E-state index contributed by atoms with van der Waals surface area (Å²) in [6.45, 7) is 1.90. The molecule has 5 nitrogen and oxygen atoms in total. The molecule has 0 saturated carbocycles. The van der Waals surface area contributed by atoms with Crippen LogP contribution in [0.1, 0.15) is 27.9 Å². The quantitative estimate of drug-likeness (QED) is 0.845. The summed E-state index contributed by atoms with van der Waals surface area (Å²) in [5.74, 6) is 5.54. The van der Waals surface area contributed by atoms with Gasteiger partial charge in [-0.2, -0.15) is 0 Å². The van der Waals surface area contributed by atoms with Crippen LogP contribution in [0.2, 0.25) is 0 Å². The van der Waals surface area contributed by atoms with Crippen LogP contribution < -0.4 is 5.32 Å². The second kappa shape index (κ2) is 6.80. The molecule has 0 aliphatic heterocycles. The molecular formula is C14H13N3O2S. The van der Waals surface area contributed by atoms with Gasteiger partial charge in [-0.25, -0.2) is 0 Å². The number of aliphatic hydroxyl groups is 1. The lowest BCUT2D eigenvalue weighted by atomic mass is 10.0. The van der Waals surface area contributed by atoms with E-state index in [1.807, 2.05) is 19.1 Å². The Balaban J connectivity index is 2.20. The van der Waals surface area contributed by atoms with Crippen molar-refractivity contribution in [1.82, 2.24) is 9.59 Å². The molecule has 0 unspecified atom stereocenters. The van der Waals surface area contributed by atoms with E-state index in [2.05, 4.69) is 26.7 Å². The first-order chi connectivity index (χ1) is 9.70. The topological polar surface area (TPSA) is 75.1 Å². The van der Waals surface area contributed by atoms with Crippen LogP contribution in [0.15, 0.2) is 24.4 Å². The number of nitrogens with zero attached hydrogens (tertiary/aromatic N) is 2. The summed E-state index contributed by atoms with van der Waals surface area (Å²) in [7, 11) is 0. The molecule has 20 heavy (non-hydrogen) atoms. The van der Waals surface area contributed by atoms with Gasteiger partial charge in [0.1, 0.15) is 5.00 Å². The molecule has 102 valence electrons. The van der Waals surface area contributed by atoms with E-state index in [-0.39, 0.29) is 12.5 Å². The molecule has 0 saturated heterocycles. The van der Waals surface area contributed by atoms with Crippen LogP contribution in [0.4, 0.5) is 5.00 Å². The maximum Gasteiger partial charge on any atom is 0.256 e. The predicted octanol–water partition coefficient (Wildman–Crippen LogP) is 1.83. The Hall–Kier alpha value is -2.23. The second-order valence-electron chi connectivity index (χ2n) is 4.04. The predicted molar refractivity (Wildman–Crippen MR) is 77.6 cm³/mol. The molecule has 6 heteroatoms. The number of carbonyl (C=O) groups is 1. The Bertz CT molecular complexity index is 657. The van der Waals surface area contributed by atoms with Crippen LogP contribution in [-0.2, 0) is 0 Å². The zero-order chi connectivity index (χ0) is 14.4. The third kappa shape index (κ3) is 3.63. The fourth-order valence-corrected chi connectivity index (χ4v) is 1.98. The van der Waals surface area contributed by atoms with Crippen molar-refractivity contribution < 1.29 is 9.90 Å². The Morgan fingerprint density at radius 3 is 3.05 bits per heavy atom. The summed E-state index contributed by atoms with van der Waals surface area (Å²) in [6.07, 6.45) is 1.92. The van der Waals surface area contributed by atoms with E-state index >= 15 is 0 Å². The average molecular weight is 287 g/mol. The van der Waals surface area contributed by atoms with E-state index in [0.29, 0.717) is 17.0 Å². The van der Waals surface area contributed by atoms with Crippen LogP contribution in [0.3, 0.4) is 0 Å². The minimum absolute atomic E-state index is 0.0323. The largest absolute Gasteiger partial charge is 0.395 e. The lowest BCUT2D eigenvalue weighted by molar-refractivity contribution is 0.102. The van der Waals surface area contributed by atoms with Crippen molar-refractivity contribution in [1.29, 1.82) is 0 Å². The van der Waals surface area contributed by atoms with Gasteiger partial charge in [0, 0.05) is 29.1 Å².